The predicted molar refractivity (Wildman–Crippen MR) is 81.3 cm³/mol. The zero-order valence-electron chi connectivity index (χ0n) is 12.2. The van der Waals surface area contributed by atoms with E-state index in [0.29, 0.717) is 6.54 Å². The van der Waals surface area contributed by atoms with E-state index in [1.165, 1.54) is 12.5 Å². The molecule has 0 atom stereocenters. The van der Waals surface area contributed by atoms with E-state index in [-0.39, 0.29) is 11.4 Å². The molecule has 2 N–H and O–H groups in total. The maximum Gasteiger partial charge on any atom is 0.240 e. The second-order valence-corrected chi connectivity index (χ2v) is 6.54. The third kappa shape index (κ3) is 3.93. The van der Waals surface area contributed by atoms with Crippen LogP contribution in [0.3, 0.4) is 0 Å². The molecule has 114 valence electrons. The number of sulfonamides is 1. The van der Waals surface area contributed by atoms with Gasteiger partial charge in [0.15, 0.2) is 0 Å². The predicted octanol–water partition coefficient (Wildman–Crippen LogP) is 2.04. The van der Waals surface area contributed by atoms with E-state index in [2.05, 4.69) is 17.0 Å². The zero-order chi connectivity index (χ0) is 15.3. The van der Waals surface area contributed by atoms with Crippen molar-refractivity contribution in [3.63, 3.8) is 0 Å². The Morgan fingerprint density at radius 1 is 1.14 bits per heavy atom. The average Bonchev–Trinajstić information content (AvgIpc) is 2.99. The lowest BCUT2D eigenvalue weighted by molar-refractivity contribution is 0.561. The van der Waals surface area contributed by atoms with E-state index in [0.717, 1.165) is 23.1 Å². The summed E-state index contributed by atoms with van der Waals surface area (Å²) < 4.78 is 32.1. The molecular formula is C15H20N2O3S. The topological polar surface area (TPSA) is 71.3 Å². The molecule has 0 aliphatic carbocycles. The maximum atomic E-state index is 12.3. The fraction of sp³-hybridized carbons (Fsp3) is 0.333. The first-order valence-electron chi connectivity index (χ1n) is 6.84. The third-order valence-electron chi connectivity index (χ3n) is 3.28. The molecule has 2 aromatic rings. The SMILES string of the molecule is CCc1ccc(S(=O)(=O)NCc2ccoc2)cc1CNC. The molecule has 0 amide bonds. The summed E-state index contributed by atoms with van der Waals surface area (Å²) in [5.74, 6) is 0. The number of benzene rings is 1. The molecular weight excluding hydrogens is 288 g/mol. The van der Waals surface area contributed by atoms with Crippen molar-refractivity contribution in [1.29, 1.82) is 0 Å². The molecule has 6 heteroatoms. The Morgan fingerprint density at radius 3 is 2.57 bits per heavy atom. The van der Waals surface area contributed by atoms with Gasteiger partial charge in [0.1, 0.15) is 0 Å². The number of hydrogen-bond donors (Lipinski definition) is 2. The van der Waals surface area contributed by atoms with Gasteiger partial charge in [0, 0.05) is 18.7 Å². The second kappa shape index (κ2) is 6.89. The van der Waals surface area contributed by atoms with Gasteiger partial charge in [-0.1, -0.05) is 13.0 Å². The molecule has 0 unspecified atom stereocenters. The van der Waals surface area contributed by atoms with Crippen LogP contribution in [0.1, 0.15) is 23.6 Å². The van der Waals surface area contributed by atoms with Crippen molar-refractivity contribution in [3.8, 4) is 0 Å². The van der Waals surface area contributed by atoms with Crippen molar-refractivity contribution in [1.82, 2.24) is 10.0 Å². The largest absolute Gasteiger partial charge is 0.472 e. The maximum absolute atomic E-state index is 12.3. The molecule has 5 nitrogen and oxygen atoms in total. The summed E-state index contributed by atoms with van der Waals surface area (Å²) in [5.41, 5.74) is 2.95. The quantitative estimate of drug-likeness (QED) is 0.821. The Bertz CT molecular complexity index is 679. The van der Waals surface area contributed by atoms with E-state index in [4.69, 9.17) is 4.42 Å². The summed E-state index contributed by atoms with van der Waals surface area (Å²) in [5, 5.41) is 3.06. The minimum atomic E-state index is -3.52. The fourth-order valence-electron chi connectivity index (χ4n) is 2.12. The van der Waals surface area contributed by atoms with E-state index >= 15 is 0 Å². The molecule has 0 radical (unpaired) electrons. The van der Waals surface area contributed by atoms with Gasteiger partial charge in [-0.25, -0.2) is 13.1 Å². The first-order valence-corrected chi connectivity index (χ1v) is 8.32. The van der Waals surface area contributed by atoms with Crippen molar-refractivity contribution in [2.45, 2.75) is 31.3 Å². The molecule has 0 spiro atoms. The Hall–Kier alpha value is -1.63. The fourth-order valence-corrected chi connectivity index (χ4v) is 3.19. The molecule has 1 aromatic carbocycles. The van der Waals surface area contributed by atoms with Gasteiger partial charge in [-0.3, -0.25) is 0 Å². The molecule has 0 aliphatic rings. The van der Waals surface area contributed by atoms with Crippen LogP contribution in [0.15, 0.2) is 46.1 Å². The lowest BCUT2D eigenvalue weighted by Gasteiger charge is -2.11. The smallest absolute Gasteiger partial charge is 0.240 e. The molecule has 0 aliphatic heterocycles. The summed E-state index contributed by atoms with van der Waals surface area (Å²) in [6, 6.07) is 6.98. The highest BCUT2D eigenvalue weighted by Crippen LogP contribution is 2.17. The van der Waals surface area contributed by atoms with Gasteiger partial charge in [-0.15, -0.1) is 0 Å². The van der Waals surface area contributed by atoms with Crippen LogP contribution < -0.4 is 10.0 Å². The van der Waals surface area contributed by atoms with Crippen molar-refractivity contribution in [2.24, 2.45) is 0 Å². The standard InChI is InChI=1S/C15H20N2O3S/c1-3-13-4-5-15(8-14(13)10-16-2)21(18,19)17-9-12-6-7-20-11-12/h4-8,11,16-17H,3,9-10H2,1-2H3. The lowest BCUT2D eigenvalue weighted by atomic mass is 10.1. The number of aryl methyl sites for hydroxylation is 1. The lowest BCUT2D eigenvalue weighted by Crippen LogP contribution is -2.23. The molecule has 1 aromatic heterocycles. The first-order chi connectivity index (χ1) is 10.1. The summed E-state index contributed by atoms with van der Waals surface area (Å²) in [7, 11) is -1.68. The van der Waals surface area contributed by atoms with Gasteiger partial charge in [0.25, 0.3) is 0 Å². The van der Waals surface area contributed by atoms with Crippen LogP contribution in [0.4, 0.5) is 0 Å². The molecule has 21 heavy (non-hydrogen) atoms. The van der Waals surface area contributed by atoms with E-state index in [1.807, 2.05) is 13.1 Å². The summed E-state index contributed by atoms with van der Waals surface area (Å²) in [6.45, 7) is 2.92. The van der Waals surface area contributed by atoms with E-state index in [9.17, 15) is 8.42 Å². The van der Waals surface area contributed by atoms with Gasteiger partial charge in [0.05, 0.1) is 17.4 Å². The van der Waals surface area contributed by atoms with Crippen molar-refractivity contribution in [3.05, 3.63) is 53.5 Å². The Kier molecular flexibility index (Phi) is 5.17. The van der Waals surface area contributed by atoms with Crippen LogP contribution in [-0.2, 0) is 29.5 Å². The highest BCUT2D eigenvalue weighted by Gasteiger charge is 2.15. The first kappa shape index (κ1) is 15.8. The van der Waals surface area contributed by atoms with Gasteiger partial charge in [-0.05, 0) is 42.8 Å². The molecule has 1 heterocycles. The normalized spacial score (nSPS) is 11.7. The molecule has 0 saturated carbocycles. The highest BCUT2D eigenvalue weighted by atomic mass is 32.2. The van der Waals surface area contributed by atoms with Gasteiger partial charge < -0.3 is 9.73 Å². The van der Waals surface area contributed by atoms with Gasteiger partial charge in [0.2, 0.25) is 10.0 Å². The second-order valence-electron chi connectivity index (χ2n) is 4.77. The molecule has 0 bridgehead atoms. The minimum absolute atomic E-state index is 0.218. The van der Waals surface area contributed by atoms with Crippen molar-refractivity contribution >= 4 is 10.0 Å². The van der Waals surface area contributed by atoms with Gasteiger partial charge in [-0.2, -0.15) is 0 Å². The van der Waals surface area contributed by atoms with E-state index < -0.39 is 10.0 Å². The van der Waals surface area contributed by atoms with Crippen LogP contribution in [-0.4, -0.2) is 15.5 Å². The Morgan fingerprint density at radius 2 is 1.95 bits per heavy atom. The van der Waals surface area contributed by atoms with Crippen LogP contribution in [0.5, 0.6) is 0 Å². The molecule has 2 rings (SSSR count). The van der Waals surface area contributed by atoms with Crippen LogP contribution >= 0.6 is 0 Å². The third-order valence-corrected chi connectivity index (χ3v) is 4.68. The zero-order valence-corrected chi connectivity index (χ0v) is 13.0. The van der Waals surface area contributed by atoms with Crippen LogP contribution in [0, 0.1) is 0 Å². The van der Waals surface area contributed by atoms with Crippen LogP contribution in [0.2, 0.25) is 0 Å². The number of furan rings is 1. The Labute approximate surface area is 125 Å². The van der Waals surface area contributed by atoms with Crippen molar-refractivity contribution in [2.75, 3.05) is 7.05 Å². The van der Waals surface area contributed by atoms with E-state index in [1.54, 1.807) is 18.2 Å². The molecule has 0 saturated heterocycles. The Balaban J connectivity index is 2.20. The summed E-state index contributed by atoms with van der Waals surface area (Å²) in [4.78, 5) is 0.286. The van der Waals surface area contributed by atoms with Crippen LogP contribution in [0.25, 0.3) is 0 Å². The number of nitrogens with one attached hydrogen (secondary N) is 2. The minimum Gasteiger partial charge on any atom is -0.472 e. The molecule has 0 fully saturated rings. The van der Waals surface area contributed by atoms with Crippen molar-refractivity contribution < 1.29 is 12.8 Å². The summed E-state index contributed by atoms with van der Waals surface area (Å²) in [6.07, 6.45) is 3.92. The monoisotopic (exact) mass is 308 g/mol. The number of hydrogen-bond acceptors (Lipinski definition) is 4. The number of rotatable bonds is 7. The van der Waals surface area contributed by atoms with Gasteiger partial charge >= 0.3 is 0 Å². The summed E-state index contributed by atoms with van der Waals surface area (Å²) >= 11 is 0. The highest BCUT2D eigenvalue weighted by molar-refractivity contribution is 7.89. The average molecular weight is 308 g/mol.